The van der Waals surface area contributed by atoms with Crippen molar-refractivity contribution >= 4 is 11.6 Å². The maximum Gasteiger partial charge on any atom is 0.255 e. The Bertz CT molecular complexity index is 765. The number of rotatable bonds is 3. The summed E-state index contributed by atoms with van der Waals surface area (Å²) in [4.78, 5) is 17.0. The highest BCUT2D eigenvalue weighted by molar-refractivity contribution is 6.00. The lowest BCUT2D eigenvalue weighted by Gasteiger charge is -2.34. The second-order valence-corrected chi connectivity index (χ2v) is 6.84. The van der Waals surface area contributed by atoms with Crippen molar-refractivity contribution in [2.45, 2.75) is 24.9 Å². The molecule has 4 rings (SSSR count). The Balaban J connectivity index is 1.74. The largest absolute Gasteiger partial charge is 0.497 e. The number of anilines is 1. The van der Waals surface area contributed by atoms with Gasteiger partial charge >= 0.3 is 0 Å². The molecule has 1 amide bonds. The van der Waals surface area contributed by atoms with E-state index in [1.807, 2.05) is 42.3 Å². The zero-order valence-electron chi connectivity index (χ0n) is 14.2. The Morgan fingerprint density at radius 1 is 1.08 bits per heavy atom. The molecule has 0 bridgehead atoms. The van der Waals surface area contributed by atoms with Gasteiger partial charge in [-0.25, -0.2) is 0 Å². The van der Waals surface area contributed by atoms with E-state index in [4.69, 9.17) is 4.74 Å². The highest BCUT2D eigenvalue weighted by Crippen LogP contribution is 2.48. The lowest BCUT2D eigenvalue weighted by atomic mass is 10.1. The van der Waals surface area contributed by atoms with E-state index in [2.05, 4.69) is 23.1 Å². The van der Waals surface area contributed by atoms with Crippen LogP contribution in [0.2, 0.25) is 0 Å². The number of likely N-dealkylation sites (N-methyl/N-ethyl adjacent to an activating group) is 1. The van der Waals surface area contributed by atoms with E-state index in [1.165, 1.54) is 5.56 Å². The van der Waals surface area contributed by atoms with Gasteiger partial charge in [-0.05, 0) is 42.7 Å². The lowest BCUT2D eigenvalue weighted by molar-refractivity contribution is 0.0790. The number of amides is 1. The first-order valence-electron chi connectivity index (χ1n) is 8.38. The maximum atomic E-state index is 12.7. The summed E-state index contributed by atoms with van der Waals surface area (Å²) in [6.45, 7) is 1.60. The van der Waals surface area contributed by atoms with E-state index < -0.39 is 0 Å². The Labute approximate surface area is 142 Å². The molecule has 2 aromatic rings. The molecule has 0 aromatic heterocycles. The topological polar surface area (TPSA) is 32.8 Å². The van der Waals surface area contributed by atoms with E-state index in [-0.39, 0.29) is 11.4 Å². The van der Waals surface area contributed by atoms with Gasteiger partial charge < -0.3 is 14.5 Å². The first kappa shape index (κ1) is 15.1. The number of hydrogen-bond donors (Lipinski definition) is 0. The first-order chi connectivity index (χ1) is 11.6. The molecule has 1 fully saturated rings. The molecule has 1 saturated carbocycles. The van der Waals surface area contributed by atoms with Crippen LogP contribution in [0.1, 0.15) is 28.8 Å². The van der Waals surface area contributed by atoms with E-state index in [0.717, 1.165) is 42.9 Å². The van der Waals surface area contributed by atoms with Gasteiger partial charge in [-0.2, -0.15) is 0 Å². The fourth-order valence-electron chi connectivity index (χ4n) is 3.69. The molecule has 0 unspecified atom stereocenters. The zero-order valence-corrected chi connectivity index (χ0v) is 14.2. The molecular formula is C20H22N2O2. The van der Waals surface area contributed by atoms with Crippen LogP contribution in [0.25, 0.3) is 0 Å². The summed E-state index contributed by atoms with van der Waals surface area (Å²) < 4.78 is 5.25. The zero-order chi connectivity index (χ0) is 16.7. The first-order valence-corrected chi connectivity index (χ1v) is 8.38. The Hall–Kier alpha value is -2.49. The quantitative estimate of drug-likeness (QED) is 0.869. The highest BCUT2D eigenvalue weighted by Gasteiger charge is 2.51. The highest BCUT2D eigenvalue weighted by atomic mass is 16.5. The molecule has 124 valence electrons. The van der Waals surface area contributed by atoms with Gasteiger partial charge in [-0.1, -0.05) is 24.3 Å². The summed E-state index contributed by atoms with van der Waals surface area (Å²) in [5.74, 6) is 0.986. The smallest absolute Gasteiger partial charge is 0.255 e. The minimum absolute atomic E-state index is 0.0803. The molecule has 24 heavy (non-hydrogen) atoms. The van der Waals surface area contributed by atoms with Gasteiger partial charge in [0.05, 0.1) is 23.9 Å². The molecule has 1 aliphatic heterocycles. The lowest BCUT2D eigenvalue weighted by Crippen LogP contribution is -2.43. The third kappa shape index (κ3) is 2.42. The number of fused-ring (bicyclic) bond motifs is 1. The molecule has 1 spiro atoms. The molecule has 0 atom stereocenters. The van der Waals surface area contributed by atoms with Gasteiger partial charge in [0.2, 0.25) is 0 Å². The summed E-state index contributed by atoms with van der Waals surface area (Å²) in [5.41, 5.74) is 3.17. The van der Waals surface area contributed by atoms with Gasteiger partial charge in [0.15, 0.2) is 0 Å². The standard InChI is InChI=1S/C20H22N2O2/c1-21-14-20(11-12-20)22(13-15-7-9-16(24-2)10-8-15)18-6-4-3-5-17(18)19(21)23/h3-10H,11-14H2,1-2H3. The number of carbonyl (C=O) groups is 1. The van der Waals surface area contributed by atoms with E-state index in [9.17, 15) is 4.79 Å². The van der Waals surface area contributed by atoms with Crippen LogP contribution >= 0.6 is 0 Å². The molecule has 0 N–H and O–H groups in total. The number of methoxy groups -OCH3 is 1. The van der Waals surface area contributed by atoms with Gasteiger partial charge in [0, 0.05) is 20.1 Å². The number of para-hydroxylation sites is 1. The van der Waals surface area contributed by atoms with Crippen molar-refractivity contribution in [2.75, 3.05) is 25.6 Å². The van der Waals surface area contributed by atoms with Crippen LogP contribution in [0.3, 0.4) is 0 Å². The van der Waals surface area contributed by atoms with Crippen molar-refractivity contribution in [1.82, 2.24) is 4.90 Å². The van der Waals surface area contributed by atoms with E-state index in [0.29, 0.717) is 0 Å². The number of carbonyl (C=O) groups excluding carboxylic acids is 1. The fourth-order valence-corrected chi connectivity index (χ4v) is 3.69. The average molecular weight is 322 g/mol. The second-order valence-electron chi connectivity index (χ2n) is 6.84. The van der Waals surface area contributed by atoms with Crippen molar-refractivity contribution in [1.29, 1.82) is 0 Å². The number of benzene rings is 2. The molecule has 4 heteroatoms. The summed E-state index contributed by atoms with van der Waals surface area (Å²) >= 11 is 0. The summed E-state index contributed by atoms with van der Waals surface area (Å²) in [6.07, 6.45) is 2.27. The fraction of sp³-hybridized carbons (Fsp3) is 0.350. The Morgan fingerprint density at radius 3 is 2.46 bits per heavy atom. The third-order valence-electron chi connectivity index (χ3n) is 5.20. The average Bonchev–Trinajstić information content (AvgIpc) is 3.40. The molecule has 4 nitrogen and oxygen atoms in total. The molecule has 1 heterocycles. The van der Waals surface area contributed by atoms with E-state index in [1.54, 1.807) is 7.11 Å². The maximum absolute atomic E-state index is 12.7. The van der Waals surface area contributed by atoms with Crippen LogP contribution < -0.4 is 9.64 Å². The third-order valence-corrected chi connectivity index (χ3v) is 5.20. The van der Waals surface area contributed by atoms with Crippen molar-refractivity contribution < 1.29 is 9.53 Å². The monoisotopic (exact) mass is 322 g/mol. The van der Waals surface area contributed by atoms with Gasteiger partial charge in [0.25, 0.3) is 5.91 Å². The van der Waals surface area contributed by atoms with Crippen LogP contribution in [0.15, 0.2) is 48.5 Å². The van der Waals surface area contributed by atoms with Crippen molar-refractivity contribution in [3.63, 3.8) is 0 Å². The van der Waals surface area contributed by atoms with Crippen molar-refractivity contribution in [2.24, 2.45) is 0 Å². The Morgan fingerprint density at radius 2 is 1.79 bits per heavy atom. The van der Waals surface area contributed by atoms with Crippen LogP contribution in [0.5, 0.6) is 5.75 Å². The van der Waals surface area contributed by atoms with Crippen LogP contribution in [-0.2, 0) is 6.54 Å². The summed E-state index contributed by atoms with van der Waals surface area (Å²) in [5, 5.41) is 0. The van der Waals surface area contributed by atoms with E-state index >= 15 is 0 Å². The molecule has 0 saturated heterocycles. The van der Waals surface area contributed by atoms with Gasteiger partial charge in [0.1, 0.15) is 5.75 Å². The SMILES string of the molecule is COc1ccc(CN2c3ccccc3C(=O)N(C)CC23CC3)cc1. The second kappa shape index (κ2) is 5.55. The summed E-state index contributed by atoms with van der Waals surface area (Å²) in [6, 6.07) is 16.2. The molecule has 0 radical (unpaired) electrons. The molecule has 2 aromatic carbocycles. The molecule has 2 aliphatic rings. The normalized spacial score (nSPS) is 18.3. The van der Waals surface area contributed by atoms with Crippen LogP contribution in [0.4, 0.5) is 5.69 Å². The van der Waals surface area contributed by atoms with Gasteiger partial charge in [-0.15, -0.1) is 0 Å². The van der Waals surface area contributed by atoms with Crippen LogP contribution in [0, 0.1) is 0 Å². The minimum Gasteiger partial charge on any atom is -0.497 e. The predicted octanol–water partition coefficient (Wildman–Crippen LogP) is 3.32. The van der Waals surface area contributed by atoms with Crippen molar-refractivity contribution in [3.8, 4) is 5.75 Å². The van der Waals surface area contributed by atoms with Gasteiger partial charge in [-0.3, -0.25) is 4.79 Å². The number of nitrogens with zero attached hydrogens (tertiary/aromatic N) is 2. The number of hydrogen-bond acceptors (Lipinski definition) is 3. The number of ether oxygens (including phenoxy) is 1. The minimum atomic E-state index is 0.0803. The molecular weight excluding hydrogens is 300 g/mol. The van der Waals surface area contributed by atoms with Crippen molar-refractivity contribution in [3.05, 3.63) is 59.7 Å². The Kier molecular flexibility index (Phi) is 3.48. The predicted molar refractivity (Wildman–Crippen MR) is 94.5 cm³/mol. The summed E-state index contributed by atoms with van der Waals surface area (Å²) in [7, 11) is 3.59. The molecule has 1 aliphatic carbocycles. The van der Waals surface area contributed by atoms with Crippen LogP contribution in [-0.4, -0.2) is 37.0 Å².